The molecule has 3 rings (SSSR count). The topological polar surface area (TPSA) is 65.4 Å². The van der Waals surface area contributed by atoms with Crippen LogP contribution in [-0.4, -0.2) is 35.9 Å². The van der Waals surface area contributed by atoms with Crippen LogP contribution < -0.4 is 14.8 Å². The molecule has 1 unspecified atom stereocenters. The Morgan fingerprint density at radius 3 is 2.92 bits per heavy atom. The van der Waals surface area contributed by atoms with Crippen molar-refractivity contribution in [3.05, 3.63) is 40.7 Å². The van der Waals surface area contributed by atoms with Crippen LogP contribution in [0.5, 0.6) is 11.5 Å². The van der Waals surface area contributed by atoms with E-state index in [1.54, 1.807) is 7.11 Å². The van der Waals surface area contributed by atoms with Gasteiger partial charge in [0.2, 0.25) is 5.91 Å². The van der Waals surface area contributed by atoms with Crippen molar-refractivity contribution in [2.75, 3.05) is 20.3 Å². The van der Waals surface area contributed by atoms with E-state index >= 15 is 0 Å². The maximum absolute atomic E-state index is 12.5. The van der Waals surface area contributed by atoms with E-state index < -0.39 is 0 Å². The Kier molecular flexibility index (Phi) is 5.49. The maximum atomic E-state index is 12.5. The second kappa shape index (κ2) is 7.81. The van der Waals surface area contributed by atoms with Gasteiger partial charge in [-0.3, -0.25) is 9.48 Å². The number of hydrogen-bond acceptors (Lipinski definition) is 4. The zero-order valence-corrected chi connectivity index (χ0v) is 16.0. The Balaban J connectivity index is 1.57. The van der Waals surface area contributed by atoms with Gasteiger partial charge in [0.05, 0.1) is 18.7 Å². The Morgan fingerprint density at radius 2 is 2.23 bits per heavy atom. The van der Waals surface area contributed by atoms with E-state index in [4.69, 9.17) is 9.47 Å². The van der Waals surface area contributed by atoms with E-state index in [-0.39, 0.29) is 11.8 Å². The van der Waals surface area contributed by atoms with Gasteiger partial charge in [-0.2, -0.15) is 5.10 Å². The fourth-order valence-corrected chi connectivity index (χ4v) is 3.58. The lowest BCUT2D eigenvalue weighted by Gasteiger charge is -2.25. The summed E-state index contributed by atoms with van der Waals surface area (Å²) in [6.45, 7) is 8.04. The number of ether oxygens (including phenoxy) is 2. The molecule has 26 heavy (non-hydrogen) atoms. The molecule has 1 aliphatic heterocycles. The average Bonchev–Trinajstić information content (AvgIpc) is 2.94. The molecule has 0 spiro atoms. The third-order valence-corrected chi connectivity index (χ3v) is 5.05. The Hall–Kier alpha value is -2.50. The number of para-hydroxylation sites is 1. The second-order valence-corrected chi connectivity index (χ2v) is 6.67. The fourth-order valence-electron chi connectivity index (χ4n) is 3.58. The molecular formula is C20H27N3O3. The molecule has 1 aromatic carbocycles. The van der Waals surface area contributed by atoms with Gasteiger partial charge in [0, 0.05) is 18.8 Å². The van der Waals surface area contributed by atoms with Crippen molar-refractivity contribution in [3.8, 4) is 11.5 Å². The molecular weight excluding hydrogens is 330 g/mol. The van der Waals surface area contributed by atoms with Gasteiger partial charge < -0.3 is 14.8 Å². The minimum Gasteiger partial charge on any atom is -0.493 e. The molecule has 0 bridgehead atoms. The second-order valence-electron chi connectivity index (χ2n) is 6.67. The number of hydrogen-bond donors (Lipinski definition) is 1. The van der Waals surface area contributed by atoms with Crippen LogP contribution in [0.2, 0.25) is 0 Å². The maximum Gasteiger partial charge on any atom is 0.226 e. The highest BCUT2D eigenvalue weighted by Crippen LogP contribution is 2.36. The van der Waals surface area contributed by atoms with Crippen LogP contribution in [0.4, 0.5) is 0 Å². The molecule has 1 aliphatic rings. The highest BCUT2D eigenvalue weighted by molar-refractivity contribution is 5.79. The van der Waals surface area contributed by atoms with Crippen molar-refractivity contribution in [1.82, 2.24) is 15.1 Å². The summed E-state index contributed by atoms with van der Waals surface area (Å²) in [5, 5.41) is 7.58. The van der Waals surface area contributed by atoms with Crippen LogP contribution in [0.3, 0.4) is 0 Å². The number of methoxy groups -OCH3 is 1. The van der Waals surface area contributed by atoms with Crippen molar-refractivity contribution in [2.24, 2.45) is 5.92 Å². The van der Waals surface area contributed by atoms with E-state index in [9.17, 15) is 4.79 Å². The summed E-state index contributed by atoms with van der Waals surface area (Å²) < 4.78 is 13.1. The molecule has 6 heteroatoms. The third-order valence-electron chi connectivity index (χ3n) is 5.05. The average molecular weight is 357 g/mol. The van der Waals surface area contributed by atoms with Crippen LogP contribution in [0.1, 0.15) is 29.4 Å². The molecule has 0 aliphatic carbocycles. The first kappa shape index (κ1) is 18.3. The zero-order chi connectivity index (χ0) is 18.7. The van der Waals surface area contributed by atoms with Gasteiger partial charge >= 0.3 is 0 Å². The number of benzene rings is 1. The Labute approximate surface area is 154 Å². The fraction of sp³-hybridized carbons (Fsp3) is 0.500. The molecule has 2 heterocycles. The van der Waals surface area contributed by atoms with Gasteiger partial charge in [-0.05, 0) is 50.8 Å². The van der Waals surface area contributed by atoms with E-state index in [1.165, 1.54) is 11.3 Å². The summed E-state index contributed by atoms with van der Waals surface area (Å²) in [6.07, 6.45) is 1.46. The summed E-state index contributed by atoms with van der Waals surface area (Å²) in [5.41, 5.74) is 4.47. The molecule has 6 nitrogen and oxygen atoms in total. The highest BCUT2D eigenvalue weighted by atomic mass is 16.5. The predicted octanol–water partition coefficient (Wildman–Crippen LogP) is 2.44. The summed E-state index contributed by atoms with van der Waals surface area (Å²) in [6, 6.07) is 5.79. The number of carbonyl (C=O) groups is 1. The van der Waals surface area contributed by atoms with Gasteiger partial charge in [0.25, 0.3) is 0 Å². The van der Waals surface area contributed by atoms with Crippen LogP contribution in [-0.2, 0) is 24.2 Å². The van der Waals surface area contributed by atoms with Gasteiger partial charge in [0.1, 0.15) is 6.61 Å². The largest absolute Gasteiger partial charge is 0.493 e. The lowest BCUT2D eigenvalue weighted by atomic mass is 9.95. The summed E-state index contributed by atoms with van der Waals surface area (Å²) >= 11 is 0. The lowest BCUT2D eigenvalue weighted by molar-refractivity contribution is -0.126. The smallest absolute Gasteiger partial charge is 0.226 e. The number of rotatable bonds is 6. The van der Waals surface area contributed by atoms with E-state index in [1.807, 2.05) is 29.8 Å². The molecule has 2 aromatic rings. The SMILES string of the molecule is CCn1nc(C)c(CCNC(=O)C2COc3c(cccc3OC)C2)c1C. The van der Waals surface area contributed by atoms with Crippen molar-refractivity contribution in [2.45, 2.75) is 40.2 Å². The van der Waals surface area contributed by atoms with E-state index in [0.717, 1.165) is 35.7 Å². The van der Waals surface area contributed by atoms with Crippen LogP contribution in [0, 0.1) is 19.8 Å². The molecule has 1 atom stereocenters. The molecule has 0 radical (unpaired) electrons. The normalized spacial score (nSPS) is 15.9. The zero-order valence-electron chi connectivity index (χ0n) is 16.0. The minimum atomic E-state index is -0.171. The van der Waals surface area contributed by atoms with Crippen molar-refractivity contribution >= 4 is 5.91 Å². The lowest BCUT2D eigenvalue weighted by Crippen LogP contribution is -2.38. The minimum absolute atomic E-state index is 0.0386. The van der Waals surface area contributed by atoms with E-state index in [2.05, 4.69) is 24.3 Å². The van der Waals surface area contributed by atoms with Crippen LogP contribution >= 0.6 is 0 Å². The first-order valence-electron chi connectivity index (χ1n) is 9.14. The number of nitrogens with zero attached hydrogens (tertiary/aromatic N) is 2. The molecule has 0 saturated carbocycles. The number of nitrogens with one attached hydrogen (secondary N) is 1. The van der Waals surface area contributed by atoms with Crippen molar-refractivity contribution in [3.63, 3.8) is 0 Å². The quantitative estimate of drug-likeness (QED) is 0.862. The number of aromatic nitrogens is 2. The predicted molar refractivity (Wildman–Crippen MR) is 99.8 cm³/mol. The molecule has 1 N–H and O–H groups in total. The van der Waals surface area contributed by atoms with E-state index in [0.29, 0.717) is 19.6 Å². The first-order chi connectivity index (χ1) is 12.5. The van der Waals surface area contributed by atoms with Crippen molar-refractivity contribution in [1.29, 1.82) is 0 Å². The number of carbonyl (C=O) groups excluding carboxylic acids is 1. The van der Waals surface area contributed by atoms with Crippen LogP contribution in [0.15, 0.2) is 18.2 Å². The molecule has 0 saturated heterocycles. The molecule has 0 fully saturated rings. The molecule has 1 amide bonds. The summed E-state index contributed by atoms with van der Waals surface area (Å²) in [4.78, 5) is 12.5. The number of amides is 1. The Morgan fingerprint density at radius 1 is 1.42 bits per heavy atom. The highest BCUT2D eigenvalue weighted by Gasteiger charge is 2.27. The first-order valence-corrected chi connectivity index (χ1v) is 9.14. The number of fused-ring (bicyclic) bond motifs is 1. The van der Waals surface area contributed by atoms with Gasteiger partial charge in [-0.15, -0.1) is 0 Å². The molecule has 1 aromatic heterocycles. The molecule has 140 valence electrons. The van der Waals surface area contributed by atoms with Gasteiger partial charge in [-0.25, -0.2) is 0 Å². The monoisotopic (exact) mass is 357 g/mol. The summed E-state index contributed by atoms with van der Waals surface area (Å²) in [5.74, 6) is 1.35. The van der Waals surface area contributed by atoms with Crippen LogP contribution in [0.25, 0.3) is 0 Å². The standard InChI is InChI=1S/C20H27N3O3/c1-5-23-14(3)17(13(2)22-23)9-10-21-20(24)16-11-15-7-6-8-18(25-4)19(15)26-12-16/h6-8,16H,5,9-12H2,1-4H3,(H,21,24). The van der Waals surface area contributed by atoms with Crippen molar-refractivity contribution < 1.29 is 14.3 Å². The van der Waals surface area contributed by atoms with Gasteiger partial charge in [-0.1, -0.05) is 12.1 Å². The van der Waals surface area contributed by atoms with Gasteiger partial charge in [0.15, 0.2) is 11.5 Å². The third kappa shape index (κ3) is 3.54. The number of aryl methyl sites for hydroxylation is 2. The summed E-state index contributed by atoms with van der Waals surface area (Å²) in [7, 11) is 1.63. The Bertz CT molecular complexity index is 798.